The number of amides is 2. The van der Waals surface area contributed by atoms with E-state index in [4.69, 9.17) is 0 Å². The summed E-state index contributed by atoms with van der Waals surface area (Å²) in [5.74, 6) is 0.449. The minimum atomic E-state index is -0.117. The number of carbonyl (C=O) groups excluding carboxylic acids is 2. The van der Waals surface area contributed by atoms with E-state index in [1.165, 1.54) is 0 Å². The van der Waals surface area contributed by atoms with Gasteiger partial charge in [-0.15, -0.1) is 0 Å². The van der Waals surface area contributed by atoms with Gasteiger partial charge in [-0.3, -0.25) is 9.59 Å². The molecule has 0 bridgehead atoms. The summed E-state index contributed by atoms with van der Waals surface area (Å²) < 4.78 is 0. The molecule has 0 rings (SSSR count). The SMILES string of the molecule is CC(C)CCCNC(=O)CNC(=O)CCNC(C)C. The second-order valence-electron chi connectivity index (χ2n) is 5.52. The Hall–Kier alpha value is -1.10. The lowest BCUT2D eigenvalue weighted by Gasteiger charge is -2.09. The number of hydrogen-bond acceptors (Lipinski definition) is 3. The lowest BCUT2D eigenvalue weighted by molar-refractivity contribution is -0.126. The van der Waals surface area contributed by atoms with Gasteiger partial charge < -0.3 is 16.0 Å². The van der Waals surface area contributed by atoms with E-state index < -0.39 is 0 Å². The van der Waals surface area contributed by atoms with Crippen molar-refractivity contribution in [3.63, 3.8) is 0 Å². The standard InChI is InChI=1S/C14H29N3O2/c1-11(2)6-5-8-16-14(19)10-17-13(18)7-9-15-12(3)4/h11-12,15H,5-10H2,1-4H3,(H,16,19)(H,17,18). The van der Waals surface area contributed by atoms with Gasteiger partial charge in [0.05, 0.1) is 6.54 Å². The fourth-order valence-electron chi connectivity index (χ4n) is 1.54. The molecule has 0 aromatic carbocycles. The first-order valence-corrected chi connectivity index (χ1v) is 7.18. The smallest absolute Gasteiger partial charge is 0.239 e. The lowest BCUT2D eigenvalue weighted by atomic mass is 10.1. The predicted octanol–water partition coefficient (Wildman–Crippen LogP) is 1.04. The maximum atomic E-state index is 11.4. The summed E-state index contributed by atoms with van der Waals surface area (Å²) in [6.07, 6.45) is 2.49. The Morgan fingerprint density at radius 2 is 1.63 bits per heavy atom. The summed E-state index contributed by atoms with van der Waals surface area (Å²) in [5.41, 5.74) is 0. The number of rotatable bonds is 10. The van der Waals surface area contributed by atoms with Crippen molar-refractivity contribution in [1.82, 2.24) is 16.0 Å². The zero-order valence-corrected chi connectivity index (χ0v) is 12.7. The first-order chi connectivity index (χ1) is 8.91. The molecule has 112 valence electrons. The van der Waals surface area contributed by atoms with E-state index in [0.29, 0.717) is 31.5 Å². The number of carbonyl (C=O) groups is 2. The zero-order valence-electron chi connectivity index (χ0n) is 12.7. The summed E-state index contributed by atoms with van der Waals surface area (Å²) >= 11 is 0. The van der Waals surface area contributed by atoms with Gasteiger partial charge in [0, 0.05) is 25.6 Å². The third-order valence-corrected chi connectivity index (χ3v) is 2.63. The minimum absolute atomic E-state index is 0.0716. The van der Waals surface area contributed by atoms with Crippen LogP contribution in [-0.2, 0) is 9.59 Å². The van der Waals surface area contributed by atoms with Gasteiger partial charge in [0.1, 0.15) is 0 Å². The van der Waals surface area contributed by atoms with Gasteiger partial charge in [-0.05, 0) is 18.8 Å². The van der Waals surface area contributed by atoms with Crippen LogP contribution in [0.2, 0.25) is 0 Å². The molecule has 0 aromatic rings. The molecule has 3 N–H and O–H groups in total. The van der Waals surface area contributed by atoms with Crippen LogP contribution in [-0.4, -0.2) is 37.5 Å². The Bertz CT molecular complexity index is 265. The fourth-order valence-corrected chi connectivity index (χ4v) is 1.54. The molecule has 0 aliphatic carbocycles. The van der Waals surface area contributed by atoms with Gasteiger partial charge in [0.2, 0.25) is 11.8 Å². The Labute approximate surface area is 116 Å². The van der Waals surface area contributed by atoms with Gasteiger partial charge in [0.25, 0.3) is 0 Å². The van der Waals surface area contributed by atoms with Gasteiger partial charge in [-0.1, -0.05) is 27.7 Å². The van der Waals surface area contributed by atoms with E-state index in [-0.39, 0.29) is 18.4 Å². The Balaban J connectivity index is 3.48. The molecule has 0 atom stereocenters. The van der Waals surface area contributed by atoms with E-state index in [1.54, 1.807) is 0 Å². The summed E-state index contributed by atoms with van der Waals surface area (Å²) in [4.78, 5) is 22.8. The Kier molecular flexibility index (Phi) is 10.2. The summed E-state index contributed by atoms with van der Waals surface area (Å²) in [7, 11) is 0. The largest absolute Gasteiger partial charge is 0.355 e. The molecular formula is C14H29N3O2. The number of nitrogens with one attached hydrogen (secondary N) is 3. The Morgan fingerprint density at radius 3 is 2.21 bits per heavy atom. The van der Waals surface area contributed by atoms with Crippen LogP contribution in [0.1, 0.15) is 47.0 Å². The first kappa shape index (κ1) is 17.9. The summed E-state index contributed by atoms with van der Waals surface area (Å²) in [5, 5.41) is 8.57. The van der Waals surface area contributed by atoms with Crippen molar-refractivity contribution in [3.05, 3.63) is 0 Å². The molecule has 0 aliphatic heterocycles. The highest BCUT2D eigenvalue weighted by Crippen LogP contribution is 2.01. The predicted molar refractivity (Wildman–Crippen MR) is 77.8 cm³/mol. The zero-order chi connectivity index (χ0) is 14.7. The van der Waals surface area contributed by atoms with Crippen molar-refractivity contribution < 1.29 is 9.59 Å². The Morgan fingerprint density at radius 1 is 0.947 bits per heavy atom. The van der Waals surface area contributed by atoms with Crippen LogP contribution in [0.25, 0.3) is 0 Å². The van der Waals surface area contributed by atoms with Crippen molar-refractivity contribution in [3.8, 4) is 0 Å². The van der Waals surface area contributed by atoms with Crippen LogP contribution in [0.5, 0.6) is 0 Å². The van der Waals surface area contributed by atoms with Crippen LogP contribution < -0.4 is 16.0 Å². The van der Waals surface area contributed by atoms with E-state index >= 15 is 0 Å². The second kappa shape index (κ2) is 10.8. The molecule has 0 aliphatic rings. The molecule has 0 aromatic heterocycles. The van der Waals surface area contributed by atoms with Crippen molar-refractivity contribution >= 4 is 11.8 Å². The molecule has 0 spiro atoms. The highest BCUT2D eigenvalue weighted by Gasteiger charge is 2.05. The van der Waals surface area contributed by atoms with Crippen LogP contribution in [0.3, 0.4) is 0 Å². The highest BCUT2D eigenvalue weighted by atomic mass is 16.2. The van der Waals surface area contributed by atoms with Gasteiger partial charge in [-0.25, -0.2) is 0 Å². The molecule has 0 heterocycles. The fraction of sp³-hybridized carbons (Fsp3) is 0.857. The monoisotopic (exact) mass is 271 g/mol. The lowest BCUT2D eigenvalue weighted by Crippen LogP contribution is -2.38. The third-order valence-electron chi connectivity index (χ3n) is 2.63. The van der Waals surface area contributed by atoms with E-state index in [1.807, 2.05) is 13.8 Å². The first-order valence-electron chi connectivity index (χ1n) is 7.18. The molecule has 5 nitrogen and oxygen atoms in total. The van der Waals surface area contributed by atoms with Gasteiger partial charge >= 0.3 is 0 Å². The maximum Gasteiger partial charge on any atom is 0.239 e. The number of hydrogen-bond donors (Lipinski definition) is 3. The highest BCUT2D eigenvalue weighted by molar-refractivity contribution is 5.84. The van der Waals surface area contributed by atoms with Gasteiger partial charge in [0.15, 0.2) is 0 Å². The molecule has 2 amide bonds. The normalized spacial score (nSPS) is 10.8. The van der Waals surface area contributed by atoms with E-state index in [2.05, 4.69) is 29.8 Å². The quantitative estimate of drug-likeness (QED) is 0.520. The van der Waals surface area contributed by atoms with Crippen LogP contribution in [0.4, 0.5) is 0 Å². The minimum Gasteiger partial charge on any atom is -0.355 e. The van der Waals surface area contributed by atoms with Crippen LogP contribution in [0.15, 0.2) is 0 Å². The van der Waals surface area contributed by atoms with Gasteiger partial charge in [-0.2, -0.15) is 0 Å². The second-order valence-corrected chi connectivity index (χ2v) is 5.52. The average Bonchev–Trinajstić information content (AvgIpc) is 2.31. The van der Waals surface area contributed by atoms with E-state index in [9.17, 15) is 9.59 Å². The van der Waals surface area contributed by atoms with Crippen molar-refractivity contribution in [1.29, 1.82) is 0 Å². The van der Waals surface area contributed by atoms with Crippen molar-refractivity contribution in [2.75, 3.05) is 19.6 Å². The summed E-state index contributed by atoms with van der Waals surface area (Å²) in [6.45, 7) is 9.77. The molecule has 0 saturated heterocycles. The van der Waals surface area contributed by atoms with Crippen LogP contribution in [0, 0.1) is 5.92 Å². The summed E-state index contributed by atoms with van der Waals surface area (Å²) in [6, 6.07) is 0.372. The molecule has 0 saturated carbocycles. The molecule has 0 unspecified atom stereocenters. The molecule has 19 heavy (non-hydrogen) atoms. The molecular weight excluding hydrogens is 242 g/mol. The van der Waals surface area contributed by atoms with Crippen LogP contribution >= 0.6 is 0 Å². The third kappa shape index (κ3) is 13.1. The molecule has 0 fully saturated rings. The van der Waals surface area contributed by atoms with Crippen molar-refractivity contribution in [2.24, 2.45) is 5.92 Å². The molecule has 5 heteroatoms. The van der Waals surface area contributed by atoms with E-state index in [0.717, 1.165) is 12.8 Å². The average molecular weight is 271 g/mol. The van der Waals surface area contributed by atoms with Crippen molar-refractivity contribution in [2.45, 2.75) is 53.0 Å². The maximum absolute atomic E-state index is 11.4. The topological polar surface area (TPSA) is 70.2 Å². The molecule has 0 radical (unpaired) electrons.